The molecule has 0 aliphatic heterocycles. The van der Waals surface area contributed by atoms with Crippen molar-refractivity contribution in [3.05, 3.63) is 34.3 Å². The summed E-state index contributed by atoms with van der Waals surface area (Å²) in [6, 6.07) is 5.70. The van der Waals surface area contributed by atoms with Crippen LogP contribution in [0.4, 0.5) is 0 Å². The highest BCUT2D eigenvalue weighted by molar-refractivity contribution is 6.31. The molecule has 0 fully saturated rings. The van der Waals surface area contributed by atoms with Gasteiger partial charge in [-0.1, -0.05) is 23.7 Å². The van der Waals surface area contributed by atoms with E-state index in [0.29, 0.717) is 11.4 Å². The standard InChI is InChI=1S/C10H14ClNO/c1-7-3-2-4-10(11)9(7)5-8(13)6-12/h2-4,8,13H,5-6,12H2,1H3. The molecule has 1 aromatic rings. The van der Waals surface area contributed by atoms with Crippen molar-refractivity contribution in [3.63, 3.8) is 0 Å². The second kappa shape index (κ2) is 4.61. The largest absolute Gasteiger partial charge is 0.391 e. The summed E-state index contributed by atoms with van der Waals surface area (Å²) in [5.74, 6) is 0. The van der Waals surface area contributed by atoms with Crippen LogP contribution in [0.2, 0.25) is 5.02 Å². The Bertz CT molecular complexity index is 268. The molecular weight excluding hydrogens is 186 g/mol. The van der Waals surface area contributed by atoms with E-state index >= 15 is 0 Å². The minimum absolute atomic E-state index is 0.269. The summed E-state index contributed by atoms with van der Waals surface area (Å²) in [4.78, 5) is 0. The maximum atomic E-state index is 9.38. The van der Waals surface area contributed by atoms with Crippen LogP contribution in [0.3, 0.4) is 0 Å². The lowest BCUT2D eigenvalue weighted by molar-refractivity contribution is 0.183. The van der Waals surface area contributed by atoms with Gasteiger partial charge in [0.05, 0.1) is 6.10 Å². The fourth-order valence-electron chi connectivity index (χ4n) is 1.24. The van der Waals surface area contributed by atoms with Crippen LogP contribution in [0.5, 0.6) is 0 Å². The van der Waals surface area contributed by atoms with Crippen LogP contribution in [0.25, 0.3) is 0 Å². The van der Waals surface area contributed by atoms with E-state index in [-0.39, 0.29) is 6.54 Å². The van der Waals surface area contributed by atoms with Crippen molar-refractivity contribution in [3.8, 4) is 0 Å². The van der Waals surface area contributed by atoms with E-state index in [1.165, 1.54) is 0 Å². The fraction of sp³-hybridized carbons (Fsp3) is 0.400. The highest BCUT2D eigenvalue weighted by Crippen LogP contribution is 2.20. The van der Waals surface area contributed by atoms with E-state index < -0.39 is 6.10 Å². The first-order valence-corrected chi connectivity index (χ1v) is 4.65. The smallest absolute Gasteiger partial charge is 0.0703 e. The third-order valence-corrected chi connectivity index (χ3v) is 2.42. The molecule has 0 heterocycles. The van der Waals surface area contributed by atoms with Gasteiger partial charge in [-0.25, -0.2) is 0 Å². The first kappa shape index (κ1) is 10.5. The van der Waals surface area contributed by atoms with Crippen molar-refractivity contribution in [2.45, 2.75) is 19.4 Å². The van der Waals surface area contributed by atoms with Gasteiger partial charge in [-0.15, -0.1) is 0 Å². The van der Waals surface area contributed by atoms with Gasteiger partial charge in [-0.2, -0.15) is 0 Å². The Morgan fingerprint density at radius 3 is 2.77 bits per heavy atom. The summed E-state index contributed by atoms with van der Waals surface area (Å²) < 4.78 is 0. The number of benzene rings is 1. The molecule has 1 rings (SSSR count). The summed E-state index contributed by atoms with van der Waals surface area (Å²) in [7, 11) is 0. The first-order valence-electron chi connectivity index (χ1n) is 4.27. The molecule has 0 amide bonds. The van der Waals surface area contributed by atoms with Gasteiger partial charge in [0.1, 0.15) is 0 Å². The Kier molecular flexibility index (Phi) is 3.72. The molecular formula is C10H14ClNO. The first-order chi connectivity index (χ1) is 6.15. The Balaban J connectivity index is 2.87. The van der Waals surface area contributed by atoms with Crippen LogP contribution in [-0.4, -0.2) is 17.8 Å². The van der Waals surface area contributed by atoms with Gasteiger partial charge in [0.2, 0.25) is 0 Å². The summed E-state index contributed by atoms with van der Waals surface area (Å²) in [5, 5.41) is 10.1. The number of nitrogens with two attached hydrogens (primary N) is 1. The zero-order valence-corrected chi connectivity index (χ0v) is 8.38. The number of aryl methyl sites for hydroxylation is 1. The predicted octanol–water partition coefficient (Wildman–Crippen LogP) is 1.51. The molecule has 0 saturated carbocycles. The molecule has 0 saturated heterocycles. The molecule has 2 nitrogen and oxygen atoms in total. The van der Waals surface area contributed by atoms with Crippen LogP contribution in [0.15, 0.2) is 18.2 Å². The highest BCUT2D eigenvalue weighted by atomic mass is 35.5. The van der Waals surface area contributed by atoms with Crippen molar-refractivity contribution >= 4 is 11.6 Å². The van der Waals surface area contributed by atoms with Crippen LogP contribution >= 0.6 is 11.6 Å². The monoisotopic (exact) mass is 199 g/mol. The molecule has 13 heavy (non-hydrogen) atoms. The van der Waals surface area contributed by atoms with Crippen molar-refractivity contribution < 1.29 is 5.11 Å². The number of hydrogen-bond donors (Lipinski definition) is 2. The van der Waals surface area contributed by atoms with Gasteiger partial charge in [0, 0.05) is 18.0 Å². The molecule has 1 atom stereocenters. The van der Waals surface area contributed by atoms with E-state index in [1.807, 2.05) is 25.1 Å². The van der Waals surface area contributed by atoms with Crippen molar-refractivity contribution in [1.29, 1.82) is 0 Å². The van der Waals surface area contributed by atoms with Gasteiger partial charge >= 0.3 is 0 Å². The number of aliphatic hydroxyl groups is 1. The fourth-order valence-corrected chi connectivity index (χ4v) is 1.54. The molecule has 0 aliphatic carbocycles. The second-order valence-corrected chi connectivity index (χ2v) is 3.54. The molecule has 0 aliphatic rings. The van der Waals surface area contributed by atoms with Crippen LogP contribution < -0.4 is 5.73 Å². The normalized spacial score (nSPS) is 12.9. The number of rotatable bonds is 3. The minimum Gasteiger partial charge on any atom is -0.391 e. The summed E-state index contributed by atoms with van der Waals surface area (Å²) in [6.45, 7) is 2.25. The maximum Gasteiger partial charge on any atom is 0.0703 e. The quantitative estimate of drug-likeness (QED) is 0.776. The lowest BCUT2D eigenvalue weighted by Crippen LogP contribution is -2.22. The molecule has 3 heteroatoms. The molecule has 0 aromatic heterocycles. The lowest BCUT2D eigenvalue weighted by Gasteiger charge is -2.11. The zero-order valence-electron chi connectivity index (χ0n) is 7.63. The Morgan fingerprint density at radius 2 is 2.23 bits per heavy atom. The number of hydrogen-bond acceptors (Lipinski definition) is 2. The predicted molar refractivity (Wildman–Crippen MR) is 55.0 cm³/mol. The Hall–Kier alpha value is -0.570. The SMILES string of the molecule is Cc1cccc(Cl)c1CC(O)CN. The Labute approximate surface area is 83.3 Å². The summed E-state index contributed by atoms with van der Waals surface area (Å²) in [5.41, 5.74) is 7.41. The lowest BCUT2D eigenvalue weighted by atomic mass is 10.0. The van der Waals surface area contributed by atoms with E-state index in [9.17, 15) is 5.11 Å². The third-order valence-electron chi connectivity index (χ3n) is 2.06. The highest BCUT2D eigenvalue weighted by Gasteiger charge is 2.08. The molecule has 0 spiro atoms. The average molecular weight is 200 g/mol. The van der Waals surface area contributed by atoms with Gasteiger partial charge in [-0.05, 0) is 24.1 Å². The van der Waals surface area contributed by atoms with Crippen LogP contribution in [0, 0.1) is 6.92 Å². The molecule has 72 valence electrons. The Morgan fingerprint density at radius 1 is 1.54 bits per heavy atom. The van der Waals surface area contributed by atoms with Gasteiger partial charge in [0.25, 0.3) is 0 Å². The topological polar surface area (TPSA) is 46.2 Å². The average Bonchev–Trinajstić information content (AvgIpc) is 2.11. The van der Waals surface area contributed by atoms with Gasteiger partial charge in [-0.3, -0.25) is 0 Å². The van der Waals surface area contributed by atoms with E-state index in [1.54, 1.807) is 0 Å². The number of aliphatic hydroxyl groups excluding tert-OH is 1. The molecule has 1 unspecified atom stereocenters. The molecule has 1 aromatic carbocycles. The third kappa shape index (κ3) is 2.69. The van der Waals surface area contributed by atoms with Crippen molar-refractivity contribution in [1.82, 2.24) is 0 Å². The van der Waals surface area contributed by atoms with E-state index in [2.05, 4.69) is 0 Å². The van der Waals surface area contributed by atoms with Gasteiger partial charge in [0.15, 0.2) is 0 Å². The maximum absolute atomic E-state index is 9.38. The number of halogens is 1. The minimum atomic E-state index is -0.501. The molecule has 0 bridgehead atoms. The van der Waals surface area contributed by atoms with Crippen LogP contribution in [-0.2, 0) is 6.42 Å². The van der Waals surface area contributed by atoms with E-state index in [4.69, 9.17) is 17.3 Å². The van der Waals surface area contributed by atoms with Crippen LogP contribution in [0.1, 0.15) is 11.1 Å². The molecule has 3 N–H and O–H groups in total. The van der Waals surface area contributed by atoms with Crippen molar-refractivity contribution in [2.24, 2.45) is 5.73 Å². The summed E-state index contributed by atoms with van der Waals surface area (Å²) >= 11 is 5.98. The summed E-state index contributed by atoms with van der Waals surface area (Å²) in [6.07, 6.45) is 0.0285. The molecule has 0 radical (unpaired) electrons. The van der Waals surface area contributed by atoms with Crippen molar-refractivity contribution in [2.75, 3.05) is 6.54 Å². The zero-order chi connectivity index (χ0) is 9.84. The second-order valence-electron chi connectivity index (χ2n) is 3.13. The van der Waals surface area contributed by atoms with E-state index in [0.717, 1.165) is 11.1 Å². The van der Waals surface area contributed by atoms with Gasteiger partial charge < -0.3 is 10.8 Å².